The van der Waals surface area contributed by atoms with Crippen LogP contribution < -0.4 is 11.3 Å². The Morgan fingerprint density at radius 1 is 1.28 bits per heavy atom. The lowest BCUT2D eigenvalue weighted by Crippen LogP contribution is -2.59. The maximum Gasteiger partial charge on any atom is 0.421 e. The number of nitrogens with two attached hydrogens (primary N) is 1. The van der Waals surface area contributed by atoms with Gasteiger partial charge in [-0.05, 0) is 54.8 Å². The molecule has 2 rings (SSSR count). The molecule has 0 bridgehead atoms. The van der Waals surface area contributed by atoms with Gasteiger partial charge in [0.15, 0.2) is 0 Å². The summed E-state index contributed by atoms with van der Waals surface area (Å²) in [6.45, 7) is 14.3. The summed E-state index contributed by atoms with van der Waals surface area (Å²) in [6.07, 6.45) is 7.83. The van der Waals surface area contributed by atoms with Gasteiger partial charge in [-0.1, -0.05) is 60.8 Å². The van der Waals surface area contributed by atoms with Crippen LogP contribution in [0, 0.1) is 34.5 Å². The van der Waals surface area contributed by atoms with Gasteiger partial charge in [0.2, 0.25) is 0 Å². The molecular formula is C21H40N2O2. The van der Waals surface area contributed by atoms with Crippen LogP contribution in [0.5, 0.6) is 0 Å². The Balaban J connectivity index is 2.32. The van der Waals surface area contributed by atoms with Crippen molar-refractivity contribution in [3.05, 3.63) is 0 Å². The Morgan fingerprint density at radius 3 is 2.56 bits per heavy atom. The molecule has 2 fully saturated rings. The molecule has 1 amide bonds. The van der Waals surface area contributed by atoms with Gasteiger partial charge in [0.05, 0.1) is 0 Å². The van der Waals surface area contributed by atoms with E-state index < -0.39 is 6.09 Å². The van der Waals surface area contributed by atoms with E-state index in [1.807, 2.05) is 0 Å². The Morgan fingerprint density at radius 2 is 1.96 bits per heavy atom. The molecule has 25 heavy (non-hydrogen) atoms. The number of amides is 1. The summed E-state index contributed by atoms with van der Waals surface area (Å²) >= 11 is 0. The largest absolute Gasteiger partial charge is 0.445 e. The smallest absolute Gasteiger partial charge is 0.421 e. The Hall–Kier alpha value is -0.770. The summed E-state index contributed by atoms with van der Waals surface area (Å²) in [6, 6.07) is 0. The van der Waals surface area contributed by atoms with E-state index in [4.69, 9.17) is 10.6 Å². The molecule has 6 atom stereocenters. The second-order valence-electron chi connectivity index (χ2n) is 9.74. The lowest BCUT2D eigenvalue weighted by atomic mass is 9.45. The highest BCUT2D eigenvalue weighted by molar-refractivity contribution is 5.66. The van der Waals surface area contributed by atoms with Gasteiger partial charge < -0.3 is 4.74 Å². The lowest BCUT2D eigenvalue weighted by Gasteiger charge is -2.61. The van der Waals surface area contributed by atoms with Crippen LogP contribution in [0.4, 0.5) is 4.79 Å². The summed E-state index contributed by atoms with van der Waals surface area (Å²) in [5.41, 5.74) is 2.52. The summed E-state index contributed by atoms with van der Waals surface area (Å²) in [4.78, 5) is 11.9. The van der Waals surface area contributed by atoms with E-state index in [0.29, 0.717) is 23.2 Å². The van der Waals surface area contributed by atoms with Crippen LogP contribution in [0.1, 0.15) is 86.5 Å². The maximum atomic E-state index is 11.9. The molecule has 4 nitrogen and oxygen atoms in total. The van der Waals surface area contributed by atoms with Crippen LogP contribution in [-0.4, -0.2) is 12.2 Å². The minimum absolute atomic E-state index is 0.0289. The Kier molecular flexibility index (Phi) is 6.45. The van der Waals surface area contributed by atoms with Crippen molar-refractivity contribution in [1.82, 2.24) is 5.43 Å². The van der Waals surface area contributed by atoms with Crippen molar-refractivity contribution in [3.8, 4) is 0 Å². The van der Waals surface area contributed by atoms with Gasteiger partial charge in [0.25, 0.3) is 0 Å². The second kappa shape index (κ2) is 7.85. The molecule has 3 N–H and O–H groups in total. The first-order chi connectivity index (χ1) is 11.7. The minimum Gasteiger partial charge on any atom is -0.445 e. The third-order valence-electron chi connectivity index (χ3n) is 7.87. The average Bonchev–Trinajstić information content (AvgIpc) is 2.56. The summed E-state index contributed by atoms with van der Waals surface area (Å²) < 4.78 is 5.84. The van der Waals surface area contributed by atoms with Crippen LogP contribution in [0.3, 0.4) is 0 Å². The zero-order valence-electron chi connectivity index (χ0n) is 17.2. The molecule has 2 saturated carbocycles. The molecule has 2 aliphatic carbocycles. The molecule has 0 spiro atoms. The molecule has 0 radical (unpaired) electrons. The number of nitrogens with one attached hydrogen (secondary N) is 1. The van der Waals surface area contributed by atoms with Crippen LogP contribution in [0.25, 0.3) is 0 Å². The van der Waals surface area contributed by atoms with Gasteiger partial charge in [-0.15, -0.1) is 0 Å². The van der Waals surface area contributed by atoms with Crippen LogP contribution in [-0.2, 0) is 4.74 Å². The standard InChI is InChI=1S/C21H40N2O2/c1-7-14(2)8-10-16-15(3)9-11-17-20(4,5)13-12-18(21(16,17)6)25-19(24)23-22/h14-18H,7-13,22H2,1-6H3,(H,23,24)/t14-,15+,16+,17+,18?,21-/m1/s1. The average molecular weight is 353 g/mol. The number of hydrogen-bond acceptors (Lipinski definition) is 3. The predicted molar refractivity (Wildman–Crippen MR) is 103 cm³/mol. The van der Waals surface area contributed by atoms with Crippen molar-refractivity contribution in [2.45, 2.75) is 92.6 Å². The predicted octanol–water partition coefficient (Wildman–Crippen LogP) is 5.27. The van der Waals surface area contributed by atoms with Crippen molar-refractivity contribution in [2.75, 3.05) is 0 Å². The van der Waals surface area contributed by atoms with Crippen molar-refractivity contribution < 1.29 is 9.53 Å². The van der Waals surface area contributed by atoms with Gasteiger partial charge in [-0.25, -0.2) is 10.6 Å². The molecular weight excluding hydrogens is 312 g/mol. The second-order valence-corrected chi connectivity index (χ2v) is 9.74. The van der Waals surface area contributed by atoms with E-state index in [1.165, 1.54) is 32.1 Å². The summed E-state index contributed by atoms with van der Waals surface area (Å²) in [7, 11) is 0. The molecule has 1 unspecified atom stereocenters. The first-order valence-corrected chi connectivity index (χ1v) is 10.3. The van der Waals surface area contributed by atoms with E-state index in [9.17, 15) is 4.79 Å². The maximum absolute atomic E-state index is 11.9. The van der Waals surface area contributed by atoms with Gasteiger partial charge in [0.1, 0.15) is 6.10 Å². The number of hydrogen-bond donors (Lipinski definition) is 2. The highest BCUT2D eigenvalue weighted by Gasteiger charge is 2.59. The number of ether oxygens (including phenoxy) is 1. The molecule has 0 aromatic carbocycles. The van der Waals surface area contributed by atoms with Crippen molar-refractivity contribution in [3.63, 3.8) is 0 Å². The number of carbonyl (C=O) groups excluding carboxylic acids is 1. The van der Waals surface area contributed by atoms with Crippen LogP contribution in [0.15, 0.2) is 0 Å². The number of carbonyl (C=O) groups is 1. The third-order valence-corrected chi connectivity index (χ3v) is 7.87. The molecule has 0 aromatic rings. The van der Waals surface area contributed by atoms with Crippen LogP contribution >= 0.6 is 0 Å². The summed E-state index contributed by atoms with van der Waals surface area (Å²) in [5, 5.41) is 0. The van der Waals surface area contributed by atoms with Gasteiger partial charge in [-0.3, -0.25) is 5.43 Å². The molecule has 0 aromatic heterocycles. The fourth-order valence-electron chi connectivity index (χ4n) is 6.11. The van der Waals surface area contributed by atoms with E-state index >= 15 is 0 Å². The lowest BCUT2D eigenvalue weighted by molar-refractivity contribution is -0.168. The zero-order valence-corrected chi connectivity index (χ0v) is 17.2. The quantitative estimate of drug-likeness (QED) is 0.402. The van der Waals surface area contributed by atoms with Crippen LogP contribution in [0.2, 0.25) is 0 Å². The molecule has 2 aliphatic rings. The topological polar surface area (TPSA) is 64.3 Å². The van der Waals surface area contributed by atoms with E-state index in [0.717, 1.165) is 18.8 Å². The normalized spacial score (nSPS) is 38.5. The highest BCUT2D eigenvalue weighted by atomic mass is 16.6. The van der Waals surface area contributed by atoms with E-state index in [1.54, 1.807) is 0 Å². The van der Waals surface area contributed by atoms with E-state index in [2.05, 4.69) is 47.0 Å². The van der Waals surface area contributed by atoms with Gasteiger partial charge >= 0.3 is 6.09 Å². The fourth-order valence-corrected chi connectivity index (χ4v) is 6.11. The van der Waals surface area contributed by atoms with Crippen molar-refractivity contribution in [2.24, 2.45) is 40.3 Å². The molecule has 0 heterocycles. The Bertz CT molecular complexity index is 465. The molecule has 146 valence electrons. The SMILES string of the molecule is CC[C@@H](C)CC[C@H]1[C@@H](C)CC[C@H]2C(C)(C)CCC(OC(=O)NN)[C@]12C. The van der Waals surface area contributed by atoms with Crippen molar-refractivity contribution in [1.29, 1.82) is 0 Å². The Labute approximate surface area is 154 Å². The minimum atomic E-state index is -0.483. The first kappa shape index (κ1) is 20.5. The number of rotatable bonds is 5. The monoisotopic (exact) mass is 352 g/mol. The number of hydrazine groups is 1. The summed E-state index contributed by atoms with van der Waals surface area (Å²) in [5.74, 6) is 7.96. The van der Waals surface area contributed by atoms with E-state index in [-0.39, 0.29) is 11.5 Å². The molecule has 0 aliphatic heterocycles. The number of fused-ring (bicyclic) bond motifs is 1. The van der Waals surface area contributed by atoms with Crippen molar-refractivity contribution >= 4 is 6.09 Å². The first-order valence-electron chi connectivity index (χ1n) is 10.3. The van der Waals surface area contributed by atoms with Gasteiger partial charge in [-0.2, -0.15) is 0 Å². The highest BCUT2D eigenvalue weighted by Crippen LogP contribution is 2.62. The fraction of sp³-hybridized carbons (Fsp3) is 0.952. The molecule has 4 heteroatoms. The third kappa shape index (κ3) is 3.99. The molecule has 0 saturated heterocycles. The zero-order chi connectivity index (χ0) is 18.8. The van der Waals surface area contributed by atoms with Gasteiger partial charge in [0, 0.05) is 5.41 Å².